The molecule has 1 N–H and O–H groups in total. The van der Waals surface area contributed by atoms with Gasteiger partial charge in [0, 0.05) is 11.4 Å². The second-order valence-electron chi connectivity index (χ2n) is 7.20. The Morgan fingerprint density at radius 2 is 1.76 bits per heavy atom. The van der Waals surface area contributed by atoms with Crippen LogP contribution >= 0.6 is 0 Å². The van der Waals surface area contributed by atoms with Crippen molar-refractivity contribution in [3.63, 3.8) is 0 Å². The Morgan fingerprint density at radius 1 is 1.14 bits per heavy atom. The highest BCUT2D eigenvalue weighted by molar-refractivity contribution is 7.90. The summed E-state index contributed by atoms with van der Waals surface area (Å²) < 4.78 is 15.7. The van der Waals surface area contributed by atoms with E-state index in [0.717, 1.165) is 12.3 Å². The molecule has 3 heteroatoms. The number of hydrogen-bond donors (Lipinski definition) is 1. The van der Waals surface area contributed by atoms with Gasteiger partial charge in [-0.25, -0.2) is 0 Å². The first-order chi connectivity index (χ1) is 9.97. The van der Waals surface area contributed by atoms with Gasteiger partial charge in [0.05, 0.1) is 6.04 Å². The van der Waals surface area contributed by atoms with Crippen LogP contribution in [-0.2, 0) is 11.4 Å². The average molecular weight is 308 g/mol. The lowest BCUT2D eigenvalue weighted by Crippen LogP contribution is -2.41. The summed E-state index contributed by atoms with van der Waals surface area (Å²) in [5.74, 6) is 0.772. The summed E-state index contributed by atoms with van der Waals surface area (Å²) in [6.07, 6.45) is 7.85. The largest absolute Gasteiger partial charge is 0.598 e. The van der Waals surface area contributed by atoms with Crippen molar-refractivity contribution < 1.29 is 4.55 Å². The standard InChI is InChI=1S/C18H29NOS/c1-18(2,3)21(20)19-17(16-12-8-5-9-13-16)14-15-10-6-4-7-11-15/h5,8-9,12-13,15,17,19H,4,6-7,10-11,14H2,1-3H3/t17-,21?/m1/s1. The molecule has 0 aliphatic heterocycles. The van der Waals surface area contributed by atoms with E-state index < -0.39 is 11.4 Å². The van der Waals surface area contributed by atoms with Gasteiger partial charge in [-0.1, -0.05) is 62.4 Å². The Labute approximate surface area is 133 Å². The molecule has 0 saturated heterocycles. The van der Waals surface area contributed by atoms with E-state index in [4.69, 9.17) is 0 Å². The SMILES string of the molecule is CC(C)(C)[S+]([O-])N[C@H](CC1CCCCC1)c1ccccc1. The van der Waals surface area contributed by atoms with Crippen LogP contribution in [0.1, 0.15) is 70.9 Å². The zero-order valence-electron chi connectivity index (χ0n) is 13.6. The van der Waals surface area contributed by atoms with Gasteiger partial charge in [-0.05, 0) is 38.7 Å². The van der Waals surface area contributed by atoms with E-state index in [0.29, 0.717) is 0 Å². The topological polar surface area (TPSA) is 35.1 Å². The monoisotopic (exact) mass is 307 g/mol. The molecule has 1 fully saturated rings. The summed E-state index contributed by atoms with van der Waals surface area (Å²) in [4.78, 5) is 0. The fourth-order valence-corrected chi connectivity index (χ4v) is 3.84. The molecular formula is C18H29NOS. The second kappa shape index (κ2) is 7.66. The molecule has 1 aliphatic carbocycles. The molecule has 1 aliphatic rings. The molecule has 0 aromatic heterocycles. The first kappa shape index (κ1) is 16.9. The third-order valence-electron chi connectivity index (χ3n) is 4.30. The third-order valence-corrected chi connectivity index (χ3v) is 5.91. The van der Waals surface area contributed by atoms with E-state index >= 15 is 0 Å². The van der Waals surface area contributed by atoms with Crippen LogP contribution in [0.15, 0.2) is 30.3 Å². The second-order valence-corrected chi connectivity index (χ2v) is 9.20. The maximum absolute atomic E-state index is 12.5. The Bertz CT molecular complexity index is 409. The van der Waals surface area contributed by atoms with Gasteiger partial charge in [-0.15, -0.1) is 4.72 Å². The van der Waals surface area contributed by atoms with E-state index in [-0.39, 0.29) is 10.8 Å². The molecule has 0 spiro atoms. The van der Waals surface area contributed by atoms with Crippen molar-refractivity contribution in [1.82, 2.24) is 4.72 Å². The van der Waals surface area contributed by atoms with Gasteiger partial charge in [0.2, 0.25) is 0 Å². The molecule has 1 aromatic carbocycles. The summed E-state index contributed by atoms with van der Waals surface area (Å²) in [7, 11) is 0. The summed E-state index contributed by atoms with van der Waals surface area (Å²) in [5.41, 5.74) is 1.26. The molecule has 0 amide bonds. The number of rotatable bonds is 5. The molecule has 118 valence electrons. The zero-order chi connectivity index (χ0) is 15.3. The van der Waals surface area contributed by atoms with Crippen LogP contribution in [0.2, 0.25) is 0 Å². The van der Waals surface area contributed by atoms with Crippen LogP contribution in [-0.4, -0.2) is 9.30 Å². The molecule has 2 atom stereocenters. The van der Waals surface area contributed by atoms with Gasteiger partial charge < -0.3 is 4.55 Å². The summed E-state index contributed by atoms with van der Waals surface area (Å²) >= 11 is -1.02. The molecule has 1 aromatic rings. The summed E-state index contributed by atoms with van der Waals surface area (Å²) in [6, 6.07) is 10.7. The molecule has 0 heterocycles. The van der Waals surface area contributed by atoms with Crippen molar-refractivity contribution in [2.24, 2.45) is 5.92 Å². The van der Waals surface area contributed by atoms with Crippen LogP contribution in [0.5, 0.6) is 0 Å². The molecular weight excluding hydrogens is 278 g/mol. The minimum absolute atomic E-state index is 0.203. The van der Waals surface area contributed by atoms with E-state index in [2.05, 4.69) is 29.0 Å². The van der Waals surface area contributed by atoms with E-state index in [1.807, 2.05) is 26.8 Å². The van der Waals surface area contributed by atoms with E-state index in [9.17, 15) is 4.55 Å². The normalized spacial score (nSPS) is 20.2. The van der Waals surface area contributed by atoms with Crippen molar-refractivity contribution in [1.29, 1.82) is 0 Å². The molecule has 1 saturated carbocycles. The first-order valence-corrected chi connectivity index (χ1v) is 9.35. The Balaban J connectivity index is 2.06. The van der Waals surface area contributed by atoms with Crippen molar-refractivity contribution >= 4 is 11.4 Å². The third kappa shape index (κ3) is 5.32. The summed E-state index contributed by atoms with van der Waals surface area (Å²) in [5, 5.41) is 0. The van der Waals surface area contributed by atoms with Crippen LogP contribution in [0.25, 0.3) is 0 Å². The van der Waals surface area contributed by atoms with Gasteiger partial charge >= 0.3 is 0 Å². The highest BCUT2D eigenvalue weighted by atomic mass is 32.2. The van der Waals surface area contributed by atoms with Crippen molar-refractivity contribution in [2.45, 2.75) is 70.1 Å². The van der Waals surface area contributed by atoms with Gasteiger partial charge in [-0.2, -0.15) is 0 Å². The van der Waals surface area contributed by atoms with Gasteiger partial charge in [0.15, 0.2) is 0 Å². The molecule has 2 rings (SSSR count). The van der Waals surface area contributed by atoms with E-state index in [1.165, 1.54) is 37.7 Å². The number of hydrogen-bond acceptors (Lipinski definition) is 2. The predicted molar refractivity (Wildman–Crippen MR) is 91.4 cm³/mol. The maximum atomic E-state index is 12.5. The van der Waals surface area contributed by atoms with Crippen molar-refractivity contribution in [2.75, 3.05) is 0 Å². The summed E-state index contributed by atoms with van der Waals surface area (Å²) in [6.45, 7) is 6.08. The van der Waals surface area contributed by atoms with Gasteiger partial charge in [-0.3, -0.25) is 0 Å². The molecule has 1 unspecified atom stereocenters. The lowest BCUT2D eigenvalue weighted by Gasteiger charge is -2.31. The lowest BCUT2D eigenvalue weighted by molar-refractivity contribution is 0.311. The minimum atomic E-state index is -1.02. The quantitative estimate of drug-likeness (QED) is 0.797. The highest BCUT2D eigenvalue weighted by Crippen LogP contribution is 2.33. The molecule has 0 radical (unpaired) electrons. The van der Waals surface area contributed by atoms with Crippen LogP contribution in [0.4, 0.5) is 0 Å². The zero-order valence-corrected chi connectivity index (χ0v) is 14.4. The molecule has 2 nitrogen and oxygen atoms in total. The lowest BCUT2D eigenvalue weighted by atomic mass is 9.83. The van der Waals surface area contributed by atoms with Gasteiger partial charge in [0.25, 0.3) is 0 Å². The Morgan fingerprint density at radius 3 is 2.33 bits per heavy atom. The Kier molecular flexibility index (Phi) is 6.15. The van der Waals surface area contributed by atoms with Crippen LogP contribution in [0, 0.1) is 5.92 Å². The smallest absolute Gasteiger partial charge is 0.136 e. The number of nitrogens with one attached hydrogen (secondary N) is 1. The van der Waals surface area contributed by atoms with Crippen molar-refractivity contribution in [3.05, 3.63) is 35.9 Å². The average Bonchev–Trinajstić information content (AvgIpc) is 2.47. The number of benzene rings is 1. The minimum Gasteiger partial charge on any atom is -0.598 e. The van der Waals surface area contributed by atoms with Gasteiger partial charge in [0.1, 0.15) is 4.75 Å². The molecule has 0 bridgehead atoms. The van der Waals surface area contributed by atoms with Crippen LogP contribution < -0.4 is 4.72 Å². The first-order valence-electron chi connectivity index (χ1n) is 8.20. The van der Waals surface area contributed by atoms with Crippen molar-refractivity contribution in [3.8, 4) is 0 Å². The van der Waals surface area contributed by atoms with E-state index in [1.54, 1.807) is 0 Å². The van der Waals surface area contributed by atoms with Crippen LogP contribution in [0.3, 0.4) is 0 Å². The maximum Gasteiger partial charge on any atom is 0.136 e. The Hall–Kier alpha value is -0.510. The fourth-order valence-electron chi connectivity index (χ4n) is 3.00. The predicted octanol–water partition coefficient (Wildman–Crippen LogP) is 4.75. The fraction of sp³-hybridized carbons (Fsp3) is 0.667. The highest BCUT2D eigenvalue weighted by Gasteiger charge is 2.31. The molecule has 21 heavy (non-hydrogen) atoms.